The number of hydrogen-bond acceptors (Lipinski definition) is 5. The lowest BCUT2D eigenvalue weighted by Crippen LogP contribution is -2.04. The highest BCUT2D eigenvalue weighted by Gasteiger charge is 2.30. The molecule has 0 aliphatic heterocycles. The summed E-state index contributed by atoms with van der Waals surface area (Å²) in [6, 6.07) is 6.57. The van der Waals surface area contributed by atoms with Crippen LogP contribution in [-0.4, -0.2) is 22.1 Å². The van der Waals surface area contributed by atoms with E-state index in [1.807, 2.05) is 0 Å². The van der Waals surface area contributed by atoms with Crippen LogP contribution in [0.1, 0.15) is 21.8 Å². The number of rotatable bonds is 4. The molecule has 26 heavy (non-hydrogen) atoms. The third-order valence-electron chi connectivity index (χ3n) is 3.61. The predicted octanol–water partition coefficient (Wildman–Crippen LogP) is 5.00. The molecule has 0 aliphatic rings. The topological polar surface area (TPSA) is 47.9 Å². The van der Waals surface area contributed by atoms with Crippen LogP contribution >= 0.6 is 11.3 Å². The number of aromatic nitrogens is 3. The van der Waals surface area contributed by atoms with Crippen LogP contribution in [0.25, 0.3) is 16.3 Å². The number of thiazole rings is 1. The Morgan fingerprint density at radius 1 is 1.15 bits per heavy atom. The molecule has 0 unspecified atom stereocenters. The molecule has 2 aromatic heterocycles. The summed E-state index contributed by atoms with van der Waals surface area (Å²) in [5.41, 5.74) is 1.12. The first-order chi connectivity index (χ1) is 12.3. The summed E-state index contributed by atoms with van der Waals surface area (Å²) in [6.07, 6.45) is -2.73. The Kier molecular flexibility index (Phi) is 4.78. The number of hydrogen-bond donors (Lipinski definition) is 0. The first-order valence-electron chi connectivity index (χ1n) is 7.50. The molecule has 0 aliphatic carbocycles. The molecule has 1 aromatic carbocycles. The van der Waals surface area contributed by atoms with E-state index in [0.29, 0.717) is 33.5 Å². The van der Waals surface area contributed by atoms with E-state index in [1.54, 1.807) is 19.2 Å². The second-order valence-corrected chi connectivity index (χ2v) is 6.46. The molecule has 0 saturated carbocycles. The van der Waals surface area contributed by atoms with E-state index in [9.17, 15) is 13.2 Å². The molecule has 0 amide bonds. The van der Waals surface area contributed by atoms with Gasteiger partial charge >= 0.3 is 6.18 Å². The summed E-state index contributed by atoms with van der Waals surface area (Å²) in [6.45, 7) is 5.73. The molecule has 0 bridgehead atoms. The summed E-state index contributed by atoms with van der Waals surface area (Å²) in [4.78, 5) is 13.6. The normalized spacial score (nSPS) is 11.4. The van der Waals surface area contributed by atoms with Crippen molar-refractivity contribution in [2.24, 2.45) is 0 Å². The third-order valence-corrected chi connectivity index (χ3v) is 4.69. The minimum absolute atomic E-state index is 0.436. The van der Waals surface area contributed by atoms with Gasteiger partial charge in [0.05, 0.1) is 17.6 Å². The molecule has 134 valence electrons. The molecule has 0 atom stereocenters. The maximum Gasteiger partial charge on any atom is 0.416 e. The average Bonchev–Trinajstić information content (AvgIpc) is 3.10. The van der Waals surface area contributed by atoms with E-state index in [1.165, 1.54) is 30.6 Å². The maximum absolute atomic E-state index is 12.7. The summed E-state index contributed by atoms with van der Waals surface area (Å²) < 4.78 is 43.2. The van der Waals surface area contributed by atoms with E-state index in [2.05, 4.69) is 21.5 Å². The van der Waals surface area contributed by atoms with Crippen LogP contribution in [0.15, 0.2) is 43.1 Å². The summed E-state index contributed by atoms with van der Waals surface area (Å²) >= 11 is 1.35. The molecule has 4 nitrogen and oxygen atoms in total. The minimum atomic E-state index is -4.36. The van der Waals surface area contributed by atoms with Crippen molar-refractivity contribution in [3.63, 3.8) is 0 Å². The van der Waals surface area contributed by atoms with Crippen LogP contribution in [0.2, 0.25) is 0 Å². The Hall–Kier alpha value is -2.74. The molecule has 8 heteroatoms. The van der Waals surface area contributed by atoms with Gasteiger partial charge in [-0.2, -0.15) is 18.2 Å². The Balaban J connectivity index is 1.88. The van der Waals surface area contributed by atoms with Crippen molar-refractivity contribution < 1.29 is 17.9 Å². The zero-order chi connectivity index (χ0) is 18.9. The molecular formula is C18H14F3N3OS. The van der Waals surface area contributed by atoms with Gasteiger partial charge in [0.25, 0.3) is 0 Å². The second-order valence-electron chi connectivity index (χ2n) is 5.43. The van der Waals surface area contributed by atoms with Gasteiger partial charge in [0.1, 0.15) is 16.5 Å². The monoisotopic (exact) mass is 377 g/mol. The number of alkyl halides is 3. The Morgan fingerprint density at radius 3 is 2.46 bits per heavy atom. The standard InChI is InChI=1S/C18H14F3N3OS/c1-10(12-4-6-13(7-5-12)18(19,20)21)15-9-22-17(26-15)14-8-16(25-3)24-11(2)23-14/h4-9H,1H2,2-3H3. The number of aryl methyl sites for hydroxylation is 1. The van der Waals surface area contributed by atoms with Crippen LogP contribution < -0.4 is 4.74 Å². The average molecular weight is 377 g/mol. The molecule has 2 heterocycles. The van der Waals surface area contributed by atoms with Crippen LogP contribution in [0.5, 0.6) is 5.88 Å². The van der Waals surface area contributed by atoms with Crippen molar-refractivity contribution in [2.75, 3.05) is 7.11 Å². The Bertz CT molecular complexity index is 949. The minimum Gasteiger partial charge on any atom is -0.481 e. The van der Waals surface area contributed by atoms with Crippen LogP contribution in [0.4, 0.5) is 13.2 Å². The Morgan fingerprint density at radius 2 is 1.85 bits per heavy atom. The van der Waals surface area contributed by atoms with Crippen molar-refractivity contribution in [1.29, 1.82) is 0 Å². The lowest BCUT2D eigenvalue weighted by atomic mass is 10.0. The van der Waals surface area contributed by atoms with Gasteiger partial charge in [0, 0.05) is 12.3 Å². The van der Waals surface area contributed by atoms with Crippen molar-refractivity contribution >= 4 is 16.9 Å². The molecule has 0 fully saturated rings. The fraction of sp³-hybridized carbons (Fsp3) is 0.167. The third kappa shape index (κ3) is 3.75. The van der Waals surface area contributed by atoms with E-state index in [4.69, 9.17) is 4.74 Å². The lowest BCUT2D eigenvalue weighted by Gasteiger charge is -2.08. The SMILES string of the molecule is C=C(c1ccc(C(F)(F)F)cc1)c1cnc(-c2cc(OC)nc(C)n2)s1. The van der Waals surface area contributed by atoms with E-state index in [-0.39, 0.29) is 0 Å². The van der Waals surface area contributed by atoms with Crippen molar-refractivity contribution in [1.82, 2.24) is 15.0 Å². The van der Waals surface area contributed by atoms with Gasteiger partial charge in [0.2, 0.25) is 5.88 Å². The highest BCUT2D eigenvalue weighted by atomic mass is 32.1. The van der Waals surface area contributed by atoms with Crippen molar-refractivity contribution in [3.05, 3.63) is 64.9 Å². The largest absolute Gasteiger partial charge is 0.481 e. The maximum atomic E-state index is 12.7. The fourth-order valence-corrected chi connectivity index (χ4v) is 3.16. The summed E-state index contributed by atoms with van der Waals surface area (Å²) in [5.74, 6) is 0.989. The van der Waals surface area contributed by atoms with E-state index >= 15 is 0 Å². The van der Waals surface area contributed by atoms with Crippen LogP contribution in [0.3, 0.4) is 0 Å². The molecule has 0 radical (unpaired) electrons. The molecule has 3 rings (SSSR count). The first-order valence-corrected chi connectivity index (χ1v) is 8.32. The van der Waals surface area contributed by atoms with Gasteiger partial charge in [-0.25, -0.2) is 9.97 Å². The molecule has 0 saturated heterocycles. The first kappa shape index (κ1) is 18.1. The summed E-state index contributed by atoms with van der Waals surface area (Å²) in [7, 11) is 1.52. The van der Waals surface area contributed by atoms with Gasteiger partial charge in [-0.15, -0.1) is 11.3 Å². The van der Waals surface area contributed by atoms with Crippen molar-refractivity contribution in [3.8, 4) is 16.6 Å². The number of nitrogens with zero attached hydrogens (tertiary/aromatic N) is 3. The molecule has 0 N–H and O–H groups in total. The van der Waals surface area contributed by atoms with Gasteiger partial charge in [-0.05, 0) is 30.2 Å². The van der Waals surface area contributed by atoms with E-state index < -0.39 is 11.7 Å². The van der Waals surface area contributed by atoms with Gasteiger partial charge in [0.15, 0.2) is 0 Å². The highest BCUT2D eigenvalue weighted by Crippen LogP contribution is 2.34. The smallest absolute Gasteiger partial charge is 0.416 e. The lowest BCUT2D eigenvalue weighted by molar-refractivity contribution is -0.137. The highest BCUT2D eigenvalue weighted by molar-refractivity contribution is 7.16. The second kappa shape index (κ2) is 6.87. The summed E-state index contributed by atoms with van der Waals surface area (Å²) in [5, 5.41) is 0.650. The number of methoxy groups -OCH3 is 1. The van der Waals surface area contributed by atoms with Gasteiger partial charge < -0.3 is 4.74 Å². The van der Waals surface area contributed by atoms with Gasteiger partial charge in [-0.1, -0.05) is 18.7 Å². The zero-order valence-electron chi connectivity index (χ0n) is 14.0. The van der Waals surface area contributed by atoms with Gasteiger partial charge in [-0.3, -0.25) is 0 Å². The zero-order valence-corrected chi connectivity index (χ0v) is 14.8. The number of benzene rings is 1. The fourth-order valence-electron chi connectivity index (χ4n) is 2.29. The number of halogens is 3. The predicted molar refractivity (Wildman–Crippen MR) is 94.0 cm³/mol. The van der Waals surface area contributed by atoms with Crippen molar-refractivity contribution in [2.45, 2.75) is 13.1 Å². The van der Waals surface area contributed by atoms with Crippen LogP contribution in [0, 0.1) is 6.92 Å². The quantitative estimate of drug-likeness (QED) is 0.642. The Labute approximate surface area is 152 Å². The number of ether oxygens (including phenoxy) is 1. The van der Waals surface area contributed by atoms with E-state index in [0.717, 1.165) is 17.0 Å². The molecule has 3 aromatic rings. The molecule has 0 spiro atoms. The van der Waals surface area contributed by atoms with Crippen LogP contribution in [-0.2, 0) is 6.18 Å². The molecular weight excluding hydrogens is 363 g/mol.